The van der Waals surface area contributed by atoms with Crippen LogP contribution in [0.15, 0.2) is 51.0 Å². The van der Waals surface area contributed by atoms with Gasteiger partial charge in [0.15, 0.2) is 0 Å². The Morgan fingerprint density at radius 3 is 2.62 bits per heavy atom. The van der Waals surface area contributed by atoms with Crippen molar-refractivity contribution in [1.82, 2.24) is 0 Å². The van der Waals surface area contributed by atoms with Crippen LogP contribution in [0.2, 0.25) is 0 Å². The highest BCUT2D eigenvalue weighted by atomic mass is 16.5. The number of carbonyl (C=O) groups excluding carboxylic acids is 3. The molecular formula is C22H20N2O8. The normalized spacial score (nSPS) is 18.8. The second-order valence-electron chi connectivity index (χ2n) is 7.18. The molecule has 2 aliphatic rings. The minimum atomic E-state index is -2.02. The van der Waals surface area contributed by atoms with E-state index in [1.807, 2.05) is 0 Å². The maximum Gasteiger partial charge on any atom is 0.344 e. The first-order valence-electron chi connectivity index (χ1n) is 9.76. The van der Waals surface area contributed by atoms with Gasteiger partial charge in [-0.3, -0.25) is 14.5 Å². The Bertz CT molecular complexity index is 1240. The molecule has 1 aromatic heterocycles. The van der Waals surface area contributed by atoms with Gasteiger partial charge < -0.3 is 24.4 Å². The summed E-state index contributed by atoms with van der Waals surface area (Å²) in [6.07, 6.45) is 0. The molecule has 1 unspecified atom stereocenters. The van der Waals surface area contributed by atoms with Crippen molar-refractivity contribution in [2.45, 2.75) is 19.3 Å². The average Bonchev–Trinajstić information content (AvgIpc) is 2.96. The van der Waals surface area contributed by atoms with Crippen LogP contribution in [0.4, 0.5) is 5.69 Å². The van der Waals surface area contributed by atoms with Crippen LogP contribution < -0.4 is 21.0 Å². The highest BCUT2D eigenvalue weighted by molar-refractivity contribution is 6.19. The van der Waals surface area contributed by atoms with Gasteiger partial charge in [0.2, 0.25) is 11.8 Å². The van der Waals surface area contributed by atoms with Crippen molar-refractivity contribution < 1.29 is 33.0 Å². The number of methoxy groups -OCH3 is 1. The molecule has 0 saturated heterocycles. The Morgan fingerprint density at radius 2 is 1.94 bits per heavy atom. The Hall–Kier alpha value is -4.08. The molecule has 1 atom stereocenters. The van der Waals surface area contributed by atoms with E-state index >= 15 is 0 Å². The lowest BCUT2D eigenvalue weighted by Crippen LogP contribution is -2.51. The number of nitrogens with zero attached hydrogens (tertiary/aromatic N) is 1. The topological polar surface area (TPSA) is 138 Å². The molecule has 2 aliphatic heterocycles. The third-order valence-electron chi connectivity index (χ3n) is 5.41. The molecule has 0 radical (unpaired) electrons. The van der Waals surface area contributed by atoms with Crippen LogP contribution in [-0.4, -0.2) is 38.1 Å². The number of aryl methyl sites for hydroxylation is 1. The molecule has 2 aromatic rings. The van der Waals surface area contributed by atoms with Crippen molar-refractivity contribution in [3.63, 3.8) is 0 Å². The van der Waals surface area contributed by atoms with Crippen LogP contribution in [0.25, 0.3) is 0 Å². The maximum absolute atomic E-state index is 14.0. The predicted octanol–water partition coefficient (Wildman–Crippen LogP) is 0.880. The number of nitrogens with two attached hydrogens (primary N) is 1. The number of benzene rings is 1. The third-order valence-corrected chi connectivity index (χ3v) is 5.41. The Balaban J connectivity index is 2.12. The zero-order chi connectivity index (χ0) is 23.2. The molecule has 4 rings (SSSR count). The molecule has 3 heterocycles. The van der Waals surface area contributed by atoms with Crippen molar-refractivity contribution in [2.75, 3.05) is 25.2 Å². The highest BCUT2D eigenvalue weighted by Gasteiger charge is 2.63. The summed E-state index contributed by atoms with van der Waals surface area (Å²) in [7, 11) is 1.19. The fourth-order valence-electron chi connectivity index (χ4n) is 4.23. The molecule has 0 bridgehead atoms. The summed E-state index contributed by atoms with van der Waals surface area (Å²) in [5.41, 5.74) is 3.23. The minimum absolute atomic E-state index is 0.0111. The smallest absolute Gasteiger partial charge is 0.344 e. The first-order valence-corrected chi connectivity index (χ1v) is 9.76. The molecular weight excluding hydrogens is 420 g/mol. The van der Waals surface area contributed by atoms with Gasteiger partial charge in [0.1, 0.15) is 34.6 Å². The standard InChI is InChI=1S/C22H20N2O8/c1-4-30-19(26)17-18(23)32-14-9-11(2)31-20(27)16(14)22(17)12-7-5-6-8-13(12)24(21(22)28)10-15(25)29-3/h5-9H,4,10,23H2,1-3H3. The Labute approximate surface area is 182 Å². The van der Waals surface area contributed by atoms with Gasteiger partial charge in [-0.1, -0.05) is 18.2 Å². The van der Waals surface area contributed by atoms with Gasteiger partial charge in [-0.2, -0.15) is 0 Å². The van der Waals surface area contributed by atoms with Gasteiger partial charge >= 0.3 is 17.6 Å². The van der Waals surface area contributed by atoms with E-state index < -0.39 is 35.4 Å². The number of hydrogen-bond donors (Lipinski definition) is 1. The van der Waals surface area contributed by atoms with Crippen molar-refractivity contribution in [3.05, 3.63) is 69.1 Å². The monoisotopic (exact) mass is 440 g/mol. The van der Waals surface area contributed by atoms with Gasteiger partial charge in [-0.25, -0.2) is 9.59 Å². The Kier molecular flexibility index (Phi) is 5.00. The summed E-state index contributed by atoms with van der Waals surface area (Å²) in [5, 5.41) is 0. The van der Waals surface area contributed by atoms with Crippen molar-refractivity contribution in [1.29, 1.82) is 0 Å². The van der Waals surface area contributed by atoms with Gasteiger partial charge in [0.05, 0.1) is 13.7 Å². The number of rotatable bonds is 4. The predicted molar refractivity (Wildman–Crippen MR) is 110 cm³/mol. The van der Waals surface area contributed by atoms with E-state index in [0.717, 1.165) is 4.90 Å². The molecule has 32 heavy (non-hydrogen) atoms. The average molecular weight is 440 g/mol. The SMILES string of the molecule is CCOC(=O)C1=C(N)Oc2cc(C)oc(=O)c2C12C(=O)N(CC(=O)OC)c1ccccc12. The second kappa shape index (κ2) is 7.56. The molecule has 1 spiro atoms. The molecule has 10 heteroatoms. The number of para-hydroxylation sites is 1. The van der Waals surface area contributed by atoms with E-state index in [1.165, 1.54) is 20.1 Å². The van der Waals surface area contributed by atoms with Crippen LogP contribution >= 0.6 is 0 Å². The molecule has 1 amide bonds. The lowest BCUT2D eigenvalue weighted by atomic mass is 9.69. The van der Waals surface area contributed by atoms with Gasteiger partial charge in [-0.05, 0) is 19.9 Å². The summed E-state index contributed by atoms with van der Waals surface area (Å²) in [6.45, 7) is 2.66. The zero-order valence-corrected chi connectivity index (χ0v) is 17.6. The summed E-state index contributed by atoms with van der Waals surface area (Å²) >= 11 is 0. The van der Waals surface area contributed by atoms with Crippen LogP contribution in [0.3, 0.4) is 0 Å². The van der Waals surface area contributed by atoms with E-state index in [-0.39, 0.29) is 40.7 Å². The molecule has 2 N–H and O–H groups in total. The van der Waals surface area contributed by atoms with E-state index in [1.54, 1.807) is 31.2 Å². The molecule has 10 nitrogen and oxygen atoms in total. The second-order valence-corrected chi connectivity index (χ2v) is 7.18. The van der Waals surface area contributed by atoms with E-state index in [4.69, 9.17) is 24.4 Å². The Morgan fingerprint density at radius 1 is 1.22 bits per heavy atom. The number of anilines is 1. The van der Waals surface area contributed by atoms with Crippen LogP contribution in [0.5, 0.6) is 5.75 Å². The molecule has 0 aliphatic carbocycles. The van der Waals surface area contributed by atoms with Crippen molar-refractivity contribution in [2.24, 2.45) is 5.73 Å². The van der Waals surface area contributed by atoms with Crippen molar-refractivity contribution in [3.8, 4) is 5.75 Å². The molecule has 0 fully saturated rings. The fraction of sp³-hybridized carbons (Fsp3) is 0.273. The minimum Gasteiger partial charge on any atom is -0.468 e. The summed E-state index contributed by atoms with van der Waals surface area (Å²) in [4.78, 5) is 53.4. The first kappa shape index (κ1) is 21.2. The van der Waals surface area contributed by atoms with E-state index in [0.29, 0.717) is 5.69 Å². The van der Waals surface area contributed by atoms with E-state index in [2.05, 4.69) is 0 Å². The maximum atomic E-state index is 14.0. The number of fused-ring (bicyclic) bond motifs is 4. The lowest BCUT2D eigenvalue weighted by Gasteiger charge is -2.34. The van der Waals surface area contributed by atoms with E-state index in [9.17, 15) is 19.2 Å². The molecule has 0 saturated carbocycles. The van der Waals surface area contributed by atoms with Gasteiger partial charge in [-0.15, -0.1) is 0 Å². The fourth-order valence-corrected chi connectivity index (χ4v) is 4.23. The number of carbonyl (C=O) groups is 3. The highest BCUT2D eigenvalue weighted by Crippen LogP contribution is 2.54. The molecule has 1 aromatic carbocycles. The van der Waals surface area contributed by atoms with Crippen molar-refractivity contribution >= 4 is 23.5 Å². The summed E-state index contributed by atoms with van der Waals surface area (Å²) < 4.78 is 20.8. The number of ether oxygens (including phenoxy) is 3. The van der Waals surface area contributed by atoms with Crippen LogP contribution in [0.1, 0.15) is 23.8 Å². The van der Waals surface area contributed by atoms with Gasteiger partial charge in [0.25, 0.3) is 0 Å². The summed E-state index contributed by atoms with van der Waals surface area (Å²) in [5.74, 6) is -2.56. The lowest BCUT2D eigenvalue weighted by molar-refractivity contribution is -0.141. The third kappa shape index (κ3) is 2.79. The number of amides is 1. The van der Waals surface area contributed by atoms with Crippen LogP contribution in [-0.2, 0) is 29.3 Å². The number of hydrogen-bond acceptors (Lipinski definition) is 9. The molecule has 166 valence electrons. The van der Waals surface area contributed by atoms with Crippen LogP contribution in [0, 0.1) is 6.92 Å². The number of esters is 2. The van der Waals surface area contributed by atoms with Gasteiger partial charge in [0, 0.05) is 17.3 Å². The zero-order valence-electron chi connectivity index (χ0n) is 17.6. The largest absolute Gasteiger partial charge is 0.468 e. The quantitative estimate of drug-likeness (QED) is 0.687. The first-order chi connectivity index (χ1) is 15.3. The summed E-state index contributed by atoms with van der Waals surface area (Å²) in [6, 6.07) is 7.87.